The van der Waals surface area contributed by atoms with E-state index in [1.54, 1.807) is 0 Å². The fraction of sp³-hybridized carbons (Fsp3) is 0.927. The minimum Gasteiger partial charge on any atom is -0.466 e. The fourth-order valence-corrected chi connectivity index (χ4v) is 6.30. The van der Waals surface area contributed by atoms with Crippen LogP contribution in [0.2, 0.25) is 0 Å². The number of carbonyl (C=O) groups is 3. The van der Waals surface area contributed by atoms with E-state index in [1.807, 2.05) is 0 Å². The highest BCUT2D eigenvalue weighted by Gasteiger charge is 2.23. The summed E-state index contributed by atoms with van der Waals surface area (Å²) >= 11 is 4.17. The molecular formula is C41H79NO5S. The molecule has 1 amide bonds. The highest BCUT2D eigenvalue weighted by Crippen LogP contribution is 2.15. The van der Waals surface area contributed by atoms with Gasteiger partial charge in [0.15, 0.2) is 0 Å². The summed E-state index contributed by atoms with van der Waals surface area (Å²) in [5.41, 5.74) is 0. The molecule has 48 heavy (non-hydrogen) atoms. The van der Waals surface area contributed by atoms with E-state index in [0.717, 1.165) is 32.1 Å². The Morgan fingerprint density at radius 2 is 0.833 bits per heavy atom. The monoisotopic (exact) mass is 698 g/mol. The van der Waals surface area contributed by atoms with Gasteiger partial charge in [0.2, 0.25) is 5.91 Å². The van der Waals surface area contributed by atoms with Crippen LogP contribution in [0.15, 0.2) is 0 Å². The molecule has 0 saturated heterocycles. The van der Waals surface area contributed by atoms with Crippen molar-refractivity contribution in [3.63, 3.8) is 0 Å². The molecule has 0 aromatic carbocycles. The second kappa shape index (κ2) is 38.6. The first kappa shape index (κ1) is 46.8. The van der Waals surface area contributed by atoms with E-state index in [-0.39, 0.29) is 24.7 Å². The van der Waals surface area contributed by atoms with Gasteiger partial charge < -0.3 is 14.8 Å². The van der Waals surface area contributed by atoms with Crippen molar-refractivity contribution in [1.29, 1.82) is 0 Å². The Morgan fingerprint density at radius 1 is 0.479 bits per heavy atom. The van der Waals surface area contributed by atoms with Gasteiger partial charge in [-0.2, -0.15) is 12.6 Å². The lowest BCUT2D eigenvalue weighted by atomic mass is 10.0. The summed E-state index contributed by atoms with van der Waals surface area (Å²) in [4.78, 5) is 37.5. The van der Waals surface area contributed by atoms with Gasteiger partial charge in [0.25, 0.3) is 0 Å². The van der Waals surface area contributed by atoms with Crippen LogP contribution in [0.1, 0.15) is 219 Å². The van der Waals surface area contributed by atoms with Crippen molar-refractivity contribution < 1.29 is 23.9 Å². The van der Waals surface area contributed by atoms with Crippen LogP contribution in [-0.4, -0.2) is 42.9 Å². The van der Waals surface area contributed by atoms with E-state index in [9.17, 15) is 14.4 Å². The van der Waals surface area contributed by atoms with Gasteiger partial charge in [0, 0.05) is 12.8 Å². The van der Waals surface area contributed by atoms with Crippen molar-refractivity contribution in [1.82, 2.24) is 5.32 Å². The molecule has 0 aliphatic heterocycles. The van der Waals surface area contributed by atoms with Crippen molar-refractivity contribution in [2.75, 3.05) is 19.0 Å². The van der Waals surface area contributed by atoms with Crippen LogP contribution >= 0.6 is 12.6 Å². The van der Waals surface area contributed by atoms with Crippen LogP contribution in [0, 0.1) is 0 Å². The zero-order valence-corrected chi connectivity index (χ0v) is 32.7. The third kappa shape index (κ3) is 34.6. The first-order valence-electron chi connectivity index (χ1n) is 20.8. The Bertz CT molecular complexity index is 719. The van der Waals surface area contributed by atoms with Crippen molar-refractivity contribution in [2.45, 2.75) is 225 Å². The molecule has 1 atom stereocenters. The van der Waals surface area contributed by atoms with Gasteiger partial charge in [-0.3, -0.25) is 9.59 Å². The lowest BCUT2D eigenvalue weighted by molar-refractivity contribution is -0.149. The van der Waals surface area contributed by atoms with Gasteiger partial charge in [0.05, 0.1) is 13.2 Å². The normalized spacial score (nSPS) is 11.8. The number of ether oxygens (including phenoxy) is 2. The predicted octanol–water partition coefficient (Wildman–Crippen LogP) is 12.0. The Balaban J connectivity index is 3.97. The van der Waals surface area contributed by atoms with Gasteiger partial charge >= 0.3 is 11.9 Å². The van der Waals surface area contributed by atoms with E-state index >= 15 is 0 Å². The summed E-state index contributed by atoms with van der Waals surface area (Å²) in [5.74, 6) is -0.381. The number of thiol groups is 1. The molecule has 1 N–H and O–H groups in total. The van der Waals surface area contributed by atoms with Crippen LogP contribution < -0.4 is 5.32 Å². The van der Waals surface area contributed by atoms with Crippen LogP contribution in [-0.2, 0) is 23.9 Å². The number of hydrogen-bond acceptors (Lipinski definition) is 6. The van der Waals surface area contributed by atoms with Gasteiger partial charge in [-0.25, -0.2) is 4.79 Å². The summed E-state index contributed by atoms with van der Waals surface area (Å²) < 4.78 is 10.9. The van der Waals surface area contributed by atoms with Gasteiger partial charge in [-0.1, -0.05) is 181 Å². The van der Waals surface area contributed by atoms with Crippen LogP contribution in [0.3, 0.4) is 0 Å². The number of nitrogens with one attached hydrogen (secondary N) is 1. The smallest absolute Gasteiger partial charge is 0.328 e. The van der Waals surface area contributed by atoms with Crippen molar-refractivity contribution in [3.05, 3.63) is 0 Å². The molecule has 284 valence electrons. The Kier molecular flexibility index (Phi) is 37.6. The summed E-state index contributed by atoms with van der Waals surface area (Å²) in [7, 11) is 0. The largest absolute Gasteiger partial charge is 0.466 e. The molecule has 0 bridgehead atoms. The molecule has 7 heteroatoms. The zero-order chi connectivity index (χ0) is 35.2. The molecule has 0 rings (SSSR count). The fourth-order valence-electron chi connectivity index (χ4n) is 6.14. The molecule has 0 unspecified atom stereocenters. The Labute approximate surface area is 303 Å². The highest BCUT2D eigenvalue weighted by molar-refractivity contribution is 7.80. The number of unbranched alkanes of at least 4 members (excludes halogenated alkanes) is 26. The minimum atomic E-state index is -0.822. The number of hydrogen-bond donors (Lipinski definition) is 2. The quantitative estimate of drug-likeness (QED) is 0.0381. The second-order valence-electron chi connectivity index (χ2n) is 14.1. The Hall–Kier alpha value is -1.24. The van der Waals surface area contributed by atoms with Crippen molar-refractivity contribution >= 4 is 30.5 Å². The molecular weight excluding hydrogens is 619 g/mol. The topological polar surface area (TPSA) is 81.7 Å². The summed E-state index contributed by atoms with van der Waals surface area (Å²) in [5, 5.41) is 2.78. The van der Waals surface area contributed by atoms with Crippen LogP contribution in [0.5, 0.6) is 0 Å². The average Bonchev–Trinajstić information content (AvgIpc) is 3.08. The predicted molar refractivity (Wildman–Crippen MR) is 207 cm³/mol. The molecule has 0 heterocycles. The lowest BCUT2D eigenvalue weighted by Gasteiger charge is -2.17. The number of carbonyl (C=O) groups excluding carboxylic acids is 3. The average molecular weight is 698 g/mol. The van der Waals surface area contributed by atoms with Crippen LogP contribution in [0.4, 0.5) is 0 Å². The van der Waals surface area contributed by atoms with E-state index < -0.39 is 12.0 Å². The molecule has 0 aromatic heterocycles. The number of esters is 2. The van der Waals surface area contributed by atoms with Crippen molar-refractivity contribution in [2.24, 2.45) is 0 Å². The summed E-state index contributed by atoms with van der Waals surface area (Å²) in [6, 6.07) is -0.822. The highest BCUT2D eigenvalue weighted by atomic mass is 32.1. The maximum Gasteiger partial charge on any atom is 0.328 e. The molecule has 6 nitrogen and oxygen atoms in total. The van der Waals surface area contributed by atoms with Gasteiger partial charge in [-0.05, 0) is 31.4 Å². The number of amides is 1. The third-order valence-electron chi connectivity index (χ3n) is 9.32. The second-order valence-corrected chi connectivity index (χ2v) is 14.5. The van der Waals surface area contributed by atoms with Crippen LogP contribution in [0.25, 0.3) is 0 Å². The maximum absolute atomic E-state index is 12.8. The molecule has 0 aliphatic carbocycles. The Morgan fingerprint density at radius 3 is 1.21 bits per heavy atom. The van der Waals surface area contributed by atoms with E-state index in [2.05, 4.69) is 31.8 Å². The van der Waals surface area contributed by atoms with E-state index in [1.165, 1.54) is 148 Å². The summed E-state index contributed by atoms with van der Waals surface area (Å²) in [6.45, 7) is 5.30. The van der Waals surface area contributed by atoms with Crippen molar-refractivity contribution in [3.8, 4) is 0 Å². The first-order chi connectivity index (χ1) is 23.5. The molecule has 0 saturated carbocycles. The zero-order valence-electron chi connectivity index (χ0n) is 31.8. The third-order valence-corrected chi connectivity index (χ3v) is 9.64. The molecule has 0 aromatic rings. The summed E-state index contributed by atoms with van der Waals surface area (Å²) in [6.07, 6.45) is 37.1. The molecule has 0 aliphatic rings. The standard InChI is InChI=1S/C41H79NO5S/c1-3-5-7-9-11-13-15-17-19-21-23-25-27-29-35-46-40(44)34-33-38(42-39(43)32-31-37-48)41(45)47-36-30-28-26-24-22-20-18-16-14-12-10-8-6-4-2/h38,48H,3-37H2,1-2H3,(H,42,43)/t38-/m0/s1. The van der Waals surface area contributed by atoms with Gasteiger partial charge in [0.1, 0.15) is 6.04 Å². The maximum atomic E-state index is 12.8. The van der Waals surface area contributed by atoms with Gasteiger partial charge in [-0.15, -0.1) is 0 Å². The SMILES string of the molecule is CCCCCCCCCCCCCCCCOC(=O)CC[C@H](NC(=O)CCCS)C(=O)OCCCCCCCCCCCCCCCC. The minimum absolute atomic E-state index is 0.0874. The van der Waals surface area contributed by atoms with E-state index in [4.69, 9.17) is 9.47 Å². The lowest BCUT2D eigenvalue weighted by Crippen LogP contribution is -2.42. The molecule has 0 radical (unpaired) electrons. The molecule has 0 spiro atoms. The van der Waals surface area contributed by atoms with E-state index in [0.29, 0.717) is 31.8 Å². The molecule has 0 fully saturated rings. The first-order valence-corrected chi connectivity index (χ1v) is 21.4. The number of rotatable bonds is 38.